The molecule has 0 radical (unpaired) electrons. The van der Waals surface area contributed by atoms with Gasteiger partial charge in [-0.15, -0.1) is 0 Å². The number of hydrogen-bond donors (Lipinski definition) is 1. The van der Waals surface area contributed by atoms with E-state index in [-0.39, 0.29) is 5.91 Å². The van der Waals surface area contributed by atoms with E-state index in [1.165, 1.54) is 0 Å². The van der Waals surface area contributed by atoms with Crippen LogP contribution in [0, 0.1) is 6.92 Å². The first-order valence-corrected chi connectivity index (χ1v) is 6.10. The number of pyridine rings is 1. The van der Waals surface area contributed by atoms with E-state index in [0.29, 0.717) is 13.0 Å². The zero-order valence-electron chi connectivity index (χ0n) is 9.16. The molecule has 1 aliphatic rings. The molecule has 0 spiro atoms. The zero-order valence-corrected chi connectivity index (χ0v) is 10.7. The largest absolute Gasteiger partial charge is 0.354 e. The highest BCUT2D eigenvalue weighted by Crippen LogP contribution is 2.20. The average molecular weight is 284 g/mol. The third-order valence-corrected chi connectivity index (χ3v) is 3.50. The number of carbonyl (C=O) groups excluding carboxylic acids is 1. The Kier molecular flexibility index (Phi) is 3.43. The number of aryl methyl sites for hydroxylation is 1. The highest BCUT2D eigenvalue weighted by Gasteiger charge is 2.14. The number of rotatable bonds is 1. The third-order valence-electron chi connectivity index (χ3n) is 2.67. The van der Waals surface area contributed by atoms with Crippen molar-refractivity contribution in [2.45, 2.75) is 13.3 Å². The van der Waals surface area contributed by atoms with E-state index in [9.17, 15) is 4.79 Å². The van der Waals surface area contributed by atoms with Gasteiger partial charge in [0, 0.05) is 36.7 Å². The lowest BCUT2D eigenvalue weighted by Gasteiger charge is -2.21. The molecule has 1 fully saturated rings. The number of anilines is 1. The second-order valence-electron chi connectivity index (χ2n) is 3.88. The molecule has 0 unspecified atom stereocenters. The van der Waals surface area contributed by atoms with Crippen molar-refractivity contribution in [3.05, 3.63) is 22.3 Å². The van der Waals surface area contributed by atoms with Crippen LogP contribution in [0.1, 0.15) is 12.0 Å². The Labute approximate surface area is 103 Å². The van der Waals surface area contributed by atoms with E-state index in [4.69, 9.17) is 0 Å². The first kappa shape index (κ1) is 11.4. The summed E-state index contributed by atoms with van der Waals surface area (Å²) < 4.78 is 1.01. The molecule has 2 rings (SSSR count). The summed E-state index contributed by atoms with van der Waals surface area (Å²) >= 11 is 3.43. The van der Waals surface area contributed by atoms with Crippen LogP contribution >= 0.6 is 15.9 Å². The van der Waals surface area contributed by atoms with Crippen molar-refractivity contribution in [3.8, 4) is 0 Å². The van der Waals surface area contributed by atoms with Crippen LogP contribution in [0.25, 0.3) is 0 Å². The van der Waals surface area contributed by atoms with Gasteiger partial charge in [-0.25, -0.2) is 4.98 Å². The molecule has 4 nitrogen and oxygen atoms in total. The van der Waals surface area contributed by atoms with Gasteiger partial charge in [-0.3, -0.25) is 4.79 Å². The fraction of sp³-hybridized carbons (Fsp3) is 0.455. The van der Waals surface area contributed by atoms with E-state index in [1.54, 1.807) is 0 Å². The molecule has 86 valence electrons. The van der Waals surface area contributed by atoms with E-state index < -0.39 is 0 Å². The summed E-state index contributed by atoms with van der Waals surface area (Å²) in [4.78, 5) is 17.7. The number of aromatic nitrogens is 1. The number of carbonyl (C=O) groups is 1. The standard InChI is InChI=1S/C11H14BrN3O/c1-8-6-10(14-7-9(8)12)15-4-2-11(16)13-3-5-15/h6-7H,2-5H2,1H3,(H,13,16). The lowest BCUT2D eigenvalue weighted by Crippen LogP contribution is -2.29. The van der Waals surface area contributed by atoms with Crippen LogP contribution in [0.4, 0.5) is 5.82 Å². The predicted octanol–water partition coefficient (Wildman–Crippen LogP) is 1.48. The number of amides is 1. The molecule has 0 bridgehead atoms. The molecule has 5 heteroatoms. The average Bonchev–Trinajstić information content (AvgIpc) is 2.47. The highest BCUT2D eigenvalue weighted by atomic mass is 79.9. The summed E-state index contributed by atoms with van der Waals surface area (Å²) in [5, 5.41) is 2.85. The first-order chi connectivity index (χ1) is 7.66. The molecule has 16 heavy (non-hydrogen) atoms. The van der Waals surface area contributed by atoms with Crippen LogP contribution in [0.5, 0.6) is 0 Å². The summed E-state index contributed by atoms with van der Waals surface area (Å²) in [6.07, 6.45) is 2.35. The number of hydrogen-bond acceptors (Lipinski definition) is 3. The molecule has 1 aliphatic heterocycles. The van der Waals surface area contributed by atoms with Gasteiger partial charge >= 0.3 is 0 Å². The first-order valence-electron chi connectivity index (χ1n) is 5.30. The van der Waals surface area contributed by atoms with Gasteiger partial charge < -0.3 is 10.2 Å². The minimum Gasteiger partial charge on any atom is -0.354 e. The van der Waals surface area contributed by atoms with Crippen LogP contribution < -0.4 is 10.2 Å². The van der Waals surface area contributed by atoms with Gasteiger partial charge in [0.25, 0.3) is 0 Å². The number of nitrogens with zero attached hydrogens (tertiary/aromatic N) is 2. The Balaban J connectivity index is 2.16. The minimum atomic E-state index is 0.122. The van der Waals surface area contributed by atoms with Crippen molar-refractivity contribution in [1.82, 2.24) is 10.3 Å². The fourth-order valence-corrected chi connectivity index (χ4v) is 1.91. The Hall–Kier alpha value is -1.10. The van der Waals surface area contributed by atoms with Crippen molar-refractivity contribution in [2.75, 3.05) is 24.5 Å². The molecule has 0 saturated carbocycles. The zero-order chi connectivity index (χ0) is 11.5. The van der Waals surface area contributed by atoms with Crippen molar-refractivity contribution < 1.29 is 4.79 Å². The van der Waals surface area contributed by atoms with E-state index >= 15 is 0 Å². The highest BCUT2D eigenvalue weighted by molar-refractivity contribution is 9.10. The van der Waals surface area contributed by atoms with Gasteiger partial charge in [-0.2, -0.15) is 0 Å². The molecule has 1 aromatic heterocycles. The second-order valence-corrected chi connectivity index (χ2v) is 4.73. The topological polar surface area (TPSA) is 45.2 Å². The van der Waals surface area contributed by atoms with Gasteiger partial charge in [0.05, 0.1) is 0 Å². The molecule has 0 aromatic carbocycles. The maximum absolute atomic E-state index is 11.2. The van der Waals surface area contributed by atoms with Crippen LogP contribution in [-0.2, 0) is 4.79 Å². The second kappa shape index (κ2) is 4.82. The van der Waals surface area contributed by atoms with Crippen molar-refractivity contribution in [3.63, 3.8) is 0 Å². The lowest BCUT2D eigenvalue weighted by atomic mass is 10.3. The number of nitrogens with one attached hydrogen (secondary N) is 1. The molecule has 1 saturated heterocycles. The Morgan fingerprint density at radius 2 is 2.31 bits per heavy atom. The smallest absolute Gasteiger partial charge is 0.221 e. The lowest BCUT2D eigenvalue weighted by molar-refractivity contribution is -0.120. The molecule has 1 aromatic rings. The van der Waals surface area contributed by atoms with Crippen LogP contribution in [0.15, 0.2) is 16.7 Å². The molecule has 0 aliphatic carbocycles. The molecule has 0 atom stereocenters. The van der Waals surface area contributed by atoms with Gasteiger partial charge in [-0.1, -0.05) is 0 Å². The van der Waals surface area contributed by atoms with Crippen LogP contribution in [0.3, 0.4) is 0 Å². The Morgan fingerprint density at radius 3 is 3.06 bits per heavy atom. The SMILES string of the molecule is Cc1cc(N2CCNC(=O)CC2)ncc1Br. The normalized spacial score (nSPS) is 16.9. The van der Waals surface area contributed by atoms with Crippen LogP contribution in [-0.4, -0.2) is 30.5 Å². The third kappa shape index (κ3) is 2.52. The van der Waals surface area contributed by atoms with E-state index in [2.05, 4.69) is 31.1 Å². The van der Waals surface area contributed by atoms with E-state index in [0.717, 1.165) is 28.9 Å². The quantitative estimate of drug-likeness (QED) is 0.849. The summed E-state index contributed by atoms with van der Waals surface area (Å²) in [5.41, 5.74) is 1.16. The predicted molar refractivity (Wildman–Crippen MR) is 66.5 cm³/mol. The molecule has 1 N–H and O–H groups in total. The fourth-order valence-electron chi connectivity index (χ4n) is 1.69. The van der Waals surface area contributed by atoms with E-state index in [1.807, 2.05) is 19.2 Å². The van der Waals surface area contributed by atoms with Gasteiger partial charge in [0.2, 0.25) is 5.91 Å². The molecular weight excluding hydrogens is 270 g/mol. The monoisotopic (exact) mass is 283 g/mol. The number of halogens is 1. The maximum Gasteiger partial charge on any atom is 0.221 e. The summed E-state index contributed by atoms with van der Waals surface area (Å²) in [5.74, 6) is 1.06. The maximum atomic E-state index is 11.2. The minimum absolute atomic E-state index is 0.122. The molecule has 1 amide bonds. The molecular formula is C11H14BrN3O. The molecule has 2 heterocycles. The van der Waals surface area contributed by atoms with Crippen LogP contribution in [0.2, 0.25) is 0 Å². The van der Waals surface area contributed by atoms with Crippen molar-refractivity contribution in [1.29, 1.82) is 0 Å². The Morgan fingerprint density at radius 1 is 1.50 bits per heavy atom. The van der Waals surface area contributed by atoms with Gasteiger partial charge in [0.15, 0.2) is 0 Å². The summed E-state index contributed by atoms with van der Waals surface area (Å²) in [6.45, 7) is 4.28. The Bertz CT molecular complexity index is 408. The van der Waals surface area contributed by atoms with Gasteiger partial charge in [-0.05, 0) is 34.5 Å². The summed E-state index contributed by atoms with van der Waals surface area (Å²) in [6, 6.07) is 2.04. The summed E-state index contributed by atoms with van der Waals surface area (Å²) in [7, 11) is 0. The van der Waals surface area contributed by atoms with Crippen molar-refractivity contribution in [2.24, 2.45) is 0 Å². The van der Waals surface area contributed by atoms with Crippen molar-refractivity contribution >= 4 is 27.7 Å². The van der Waals surface area contributed by atoms with Gasteiger partial charge in [0.1, 0.15) is 5.82 Å².